The molecule has 6 heteroatoms. The molecule has 1 aliphatic rings. The molecule has 1 unspecified atom stereocenters. The molecule has 1 aromatic rings. The van der Waals surface area contributed by atoms with Gasteiger partial charge in [0, 0.05) is 13.0 Å². The number of carboxylic acid groups (broad SMARTS) is 1. The first-order valence-electron chi connectivity index (χ1n) is 5.64. The van der Waals surface area contributed by atoms with Gasteiger partial charge < -0.3 is 20.0 Å². The number of carbonyl (C=O) groups is 1. The van der Waals surface area contributed by atoms with E-state index in [1.165, 1.54) is 0 Å². The fourth-order valence-corrected chi connectivity index (χ4v) is 1.78. The summed E-state index contributed by atoms with van der Waals surface area (Å²) in [4.78, 5) is 19.0. The largest absolute Gasteiger partial charge is 0.530 e. The van der Waals surface area contributed by atoms with Gasteiger partial charge in [0.25, 0.3) is 0 Å². The number of carbonyl (C=O) groups excluding carboxylic acids is 1. The zero-order chi connectivity index (χ0) is 13.3. The number of amides is 1. The van der Waals surface area contributed by atoms with Gasteiger partial charge >= 0.3 is 0 Å². The first-order valence-corrected chi connectivity index (χ1v) is 5.64. The number of hydrogen-bond donors (Lipinski definition) is 1. The van der Waals surface area contributed by atoms with Gasteiger partial charge in [0.1, 0.15) is 11.8 Å². The molecule has 0 spiro atoms. The second kappa shape index (κ2) is 4.29. The highest BCUT2D eigenvalue weighted by Gasteiger charge is 2.24. The third-order valence-corrected chi connectivity index (χ3v) is 2.33. The molecule has 0 radical (unpaired) electrons. The molecular formula is C12H14N3O3-. The average molecular weight is 248 g/mol. The van der Waals surface area contributed by atoms with Gasteiger partial charge in [-0.25, -0.2) is 9.98 Å². The van der Waals surface area contributed by atoms with Crippen molar-refractivity contribution in [3.05, 3.63) is 28.9 Å². The summed E-state index contributed by atoms with van der Waals surface area (Å²) in [6.07, 6.45) is -1.34. The van der Waals surface area contributed by atoms with Crippen molar-refractivity contribution < 1.29 is 14.6 Å². The van der Waals surface area contributed by atoms with Crippen molar-refractivity contribution in [3.8, 4) is 5.75 Å². The van der Waals surface area contributed by atoms with E-state index >= 15 is 0 Å². The van der Waals surface area contributed by atoms with Crippen LogP contribution in [0, 0.1) is 0 Å². The van der Waals surface area contributed by atoms with E-state index < -0.39 is 11.9 Å². The first-order chi connectivity index (χ1) is 8.38. The third-order valence-electron chi connectivity index (χ3n) is 2.33. The minimum Gasteiger partial charge on any atom is -0.530 e. The molecule has 1 amide bonds. The Hall–Kier alpha value is -2.11. The Labute approximate surface area is 104 Å². The summed E-state index contributed by atoms with van der Waals surface area (Å²) in [5.41, 5.74) is 0. The number of nitrogens with one attached hydrogen (secondary N) is 1. The lowest BCUT2D eigenvalue weighted by molar-refractivity contribution is -0.252. The Bertz CT molecular complexity index is 597. The number of fused-ring (bicyclic) bond motifs is 1. The van der Waals surface area contributed by atoms with Gasteiger partial charge in [-0.3, -0.25) is 0 Å². The van der Waals surface area contributed by atoms with Gasteiger partial charge in [-0.1, -0.05) is 0 Å². The van der Waals surface area contributed by atoms with Gasteiger partial charge in [0.15, 0.2) is 0 Å². The van der Waals surface area contributed by atoms with Crippen molar-refractivity contribution in [1.82, 2.24) is 5.32 Å². The Morgan fingerprint density at radius 2 is 2.06 bits per heavy atom. The van der Waals surface area contributed by atoms with Crippen molar-refractivity contribution in [3.63, 3.8) is 0 Å². The highest BCUT2D eigenvalue weighted by molar-refractivity contribution is 5.63. The van der Waals surface area contributed by atoms with E-state index in [0.29, 0.717) is 16.5 Å². The fraction of sp³-hybridized carbons (Fsp3) is 0.417. The lowest BCUT2D eigenvalue weighted by atomic mass is 10.3. The molecule has 0 saturated carbocycles. The minimum atomic E-state index is -1.41. The van der Waals surface area contributed by atoms with Gasteiger partial charge in [-0.15, -0.1) is 0 Å². The maximum atomic E-state index is 10.6. The lowest BCUT2D eigenvalue weighted by Crippen LogP contribution is -2.48. The quantitative estimate of drug-likeness (QED) is 0.770. The predicted octanol–water partition coefficient (Wildman–Crippen LogP) is -0.667. The van der Waals surface area contributed by atoms with Gasteiger partial charge in [-0.05, 0) is 26.0 Å². The Kier molecular flexibility index (Phi) is 2.94. The standard InChI is InChI=1S/C12H15N3O3/c1-7(2)18-8-4-5-9-10(6-8)14-12(3,13-9)15-11(16)17/h4-7,15H,1-3H3,(H,16,17)/p-1. The van der Waals surface area contributed by atoms with Crippen LogP contribution < -0.4 is 25.9 Å². The maximum Gasteiger partial charge on any atom is 0.224 e. The molecule has 6 nitrogen and oxygen atoms in total. The van der Waals surface area contributed by atoms with Crippen molar-refractivity contribution >= 4 is 6.09 Å². The molecule has 2 rings (SSSR count). The van der Waals surface area contributed by atoms with Gasteiger partial charge in [0.2, 0.25) is 5.79 Å². The highest BCUT2D eigenvalue weighted by atomic mass is 16.5. The minimum absolute atomic E-state index is 0.0640. The zero-order valence-corrected chi connectivity index (χ0v) is 10.4. The highest BCUT2D eigenvalue weighted by Crippen LogP contribution is 2.11. The van der Waals surface area contributed by atoms with E-state index in [-0.39, 0.29) is 6.10 Å². The van der Waals surface area contributed by atoms with E-state index in [1.54, 1.807) is 25.1 Å². The first kappa shape index (κ1) is 12.3. The number of benzene rings is 1. The molecule has 0 aliphatic carbocycles. The SMILES string of the molecule is CC(C)Oc1ccc2c(c1)=NC(C)(NC(=O)[O-])N=2. The van der Waals surface area contributed by atoms with Crippen LogP contribution in [0.25, 0.3) is 0 Å². The summed E-state index contributed by atoms with van der Waals surface area (Å²) in [6, 6.07) is 5.27. The van der Waals surface area contributed by atoms with E-state index in [9.17, 15) is 9.90 Å². The van der Waals surface area contributed by atoms with Crippen LogP contribution in [0.2, 0.25) is 0 Å². The van der Waals surface area contributed by atoms with E-state index in [2.05, 4.69) is 15.3 Å². The summed E-state index contributed by atoms with van der Waals surface area (Å²) in [6.45, 7) is 5.42. The number of ether oxygens (including phenoxy) is 1. The molecular weight excluding hydrogens is 234 g/mol. The second-order valence-corrected chi connectivity index (χ2v) is 4.47. The Morgan fingerprint density at radius 3 is 2.67 bits per heavy atom. The topological polar surface area (TPSA) is 86.1 Å². The second-order valence-electron chi connectivity index (χ2n) is 4.47. The fourth-order valence-electron chi connectivity index (χ4n) is 1.78. The van der Waals surface area contributed by atoms with Crippen LogP contribution in [0.3, 0.4) is 0 Å². The molecule has 96 valence electrons. The summed E-state index contributed by atoms with van der Waals surface area (Å²) >= 11 is 0. The summed E-state index contributed by atoms with van der Waals surface area (Å²) in [5, 5.41) is 13.9. The molecule has 1 atom stereocenters. The smallest absolute Gasteiger partial charge is 0.224 e. The van der Waals surface area contributed by atoms with E-state index in [1.807, 2.05) is 13.8 Å². The van der Waals surface area contributed by atoms with Crippen molar-refractivity contribution in [2.45, 2.75) is 32.7 Å². The number of hydrogen-bond acceptors (Lipinski definition) is 5. The molecule has 0 bridgehead atoms. The van der Waals surface area contributed by atoms with Crippen molar-refractivity contribution in [2.24, 2.45) is 9.98 Å². The molecule has 0 aromatic heterocycles. The number of rotatable bonds is 3. The third kappa shape index (κ3) is 2.58. The van der Waals surface area contributed by atoms with Crippen LogP contribution in [0.15, 0.2) is 28.2 Å². The van der Waals surface area contributed by atoms with Crippen LogP contribution in [-0.2, 0) is 0 Å². The predicted molar refractivity (Wildman–Crippen MR) is 61.5 cm³/mol. The van der Waals surface area contributed by atoms with Crippen molar-refractivity contribution in [1.29, 1.82) is 0 Å². The molecule has 1 aliphatic heterocycles. The normalized spacial score (nSPS) is 20.9. The average Bonchev–Trinajstić information content (AvgIpc) is 2.50. The molecule has 1 heterocycles. The summed E-state index contributed by atoms with van der Waals surface area (Å²) in [5.74, 6) is -0.530. The van der Waals surface area contributed by atoms with Gasteiger partial charge in [-0.2, -0.15) is 0 Å². The van der Waals surface area contributed by atoms with Crippen LogP contribution >= 0.6 is 0 Å². The van der Waals surface area contributed by atoms with Crippen LogP contribution in [-0.4, -0.2) is 18.0 Å². The van der Waals surface area contributed by atoms with Crippen LogP contribution in [0.5, 0.6) is 5.75 Å². The number of nitrogens with zero attached hydrogens (tertiary/aromatic N) is 2. The molecule has 18 heavy (non-hydrogen) atoms. The molecule has 1 aromatic carbocycles. The summed E-state index contributed by atoms with van der Waals surface area (Å²) in [7, 11) is 0. The molecule has 1 N–H and O–H groups in total. The van der Waals surface area contributed by atoms with Crippen LogP contribution in [0.1, 0.15) is 20.8 Å². The van der Waals surface area contributed by atoms with Gasteiger partial charge in [0.05, 0.1) is 16.8 Å². The van der Waals surface area contributed by atoms with E-state index in [0.717, 1.165) is 0 Å². The van der Waals surface area contributed by atoms with Crippen LogP contribution in [0.4, 0.5) is 4.79 Å². The molecule has 0 saturated heterocycles. The molecule has 0 fully saturated rings. The lowest BCUT2D eigenvalue weighted by Gasteiger charge is -2.20. The van der Waals surface area contributed by atoms with Crippen molar-refractivity contribution in [2.75, 3.05) is 0 Å². The zero-order valence-electron chi connectivity index (χ0n) is 10.4. The summed E-state index contributed by atoms with van der Waals surface area (Å²) < 4.78 is 5.54. The Morgan fingerprint density at radius 1 is 1.39 bits per heavy atom. The van der Waals surface area contributed by atoms with E-state index in [4.69, 9.17) is 4.74 Å². The monoisotopic (exact) mass is 248 g/mol. The maximum absolute atomic E-state index is 10.6. The Balaban J connectivity index is 2.36.